The molecule has 1 fully saturated rings. The standard InChI is InChI=1S/C13H15F2N3S/c1-18-6-10(16-8-18)11-7-19-12(17-11)9-3-2-4-13(14,15)5-9/h6-9H,2-5H2,1H3. The number of nitrogens with zero attached hydrogens (tertiary/aromatic N) is 3. The molecule has 1 aliphatic rings. The monoisotopic (exact) mass is 283 g/mol. The van der Waals surface area contributed by atoms with Gasteiger partial charge in [0.15, 0.2) is 0 Å². The van der Waals surface area contributed by atoms with Gasteiger partial charge in [-0.2, -0.15) is 0 Å². The molecule has 19 heavy (non-hydrogen) atoms. The number of alkyl halides is 2. The van der Waals surface area contributed by atoms with Crippen LogP contribution in [0.1, 0.15) is 36.6 Å². The summed E-state index contributed by atoms with van der Waals surface area (Å²) in [7, 11) is 1.89. The van der Waals surface area contributed by atoms with Crippen LogP contribution in [-0.4, -0.2) is 20.5 Å². The molecule has 2 aromatic heterocycles. The van der Waals surface area contributed by atoms with Crippen molar-refractivity contribution in [2.45, 2.75) is 37.5 Å². The molecular formula is C13H15F2N3S. The third kappa shape index (κ3) is 2.68. The van der Waals surface area contributed by atoms with E-state index in [0.29, 0.717) is 6.42 Å². The van der Waals surface area contributed by atoms with E-state index in [4.69, 9.17) is 0 Å². The van der Waals surface area contributed by atoms with Crippen LogP contribution in [0.3, 0.4) is 0 Å². The summed E-state index contributed by atoms with van der Waals surface area (Å²) in [6.07, 6.45) is 4.93. The minimum atomic E-state index is -2.53. The van der Waals surface area contributed by atoms with Crippen molar-refractivity contribution in [2.75, 3.05) is 0 Å². The van der Waals surface area contributed by atoms with Crippen molar-refractivity contribution in [1.82, 2.24) is 14.5 Å². The van der Waals surface area contributed by atoms with Gasteiger partial charge in [0, 0.05) is 37.4 Å². The molecular weight excluding hydrogens is 268 g/mol. The Bertz CT molecular complexity index is 576. The van der Waals surface area contributed by atoms with Crippen molar-refractivity contribution >= 4 is 11.3 Å². The number of aromatic nitrogens is 3. The lowest BCUT2D eigenvalue weighted by Crippen LogP contribution is -2.24. The maximum Gasteiger partial charge on any atom is 0.248 e. The predicted octanol–water partition coefficient (Wildman–Crippen LogP) is 3.84. The molecule has 102 valence electrons. The van der Waals surface area contributed by atoms with Crippen LogP contribution in [0, 0.1) is 0 Å². The molecule has 1 unspecified atom stereocenters. The lowest BCUT2D eigenvalue weighted by molar-refractivity contribution is -0.0408. The highest BCUT2D eigenvalue weighted by atomic mass is 32.1. The SMILES string of the molecule is Cn1cnc(-c2csc(C3CCCC(F)(F)C3)n2)c1. The smallest absolute Gasteiger partial charge is 0.248 e. The highest BCUT2D eigenvalue weighted by molar-refractivity contribution is 7.10. The molecule has 6 heteroatoms. The van der Waals surface area contributed by atoms with Crippen LogP contribution in [0.5, 0.6) is 0 Å². The fraction of sp³-hybridized carbons (Fsp3) is 0.538. The summed E-state index contributed by atoms with van der Waals surface area (Å²) in [6.45, 7) is 0. The quantitative estimate of drug-likeness (QED) is 0.838. The molecule has 0 radical (unpaired) electrons. The van der Waals surface area contributed by atoms with Gasteiger partial charge < -0.3 is 4.57 Å². The van der Waals surface area contributed by atoms with Crippen LogP contribution >= 0.6 is 11.3 Å². The van der Waals surface area contributed by atoms with Crippen LogP contribution in [0.2, 0.25) is 0 Å². The molecule has 3 rings (SSSR count). The summed E-state index contributed by atoms with van der Waals surface area (Å²) in [5, 5.41) is 2.73. The number of imidazole rings is 1. The third-order valence-electron chi connectivity index (χ3n) is 3.48. The average molecular weight is 283 g/mol. The van der Waals surface area contributed by atoms with E-state index < -0.39 is 5.92 Å². The number of thiazole rings is 1. The average Bonchev–Trinajstić information content (AvgIpc) is 2.95. The second-order valence-electron chi connectivity index (χ2n) is 5.14. The Hall–Kier alpha value is -1.30. The molecule has 1 aliphatic carbocycles. The van der Waals surface area contributed by atoms with Gasteiger partial charge in [-0.3, -0.25) is 0 Å². The lowest BCUT2D eigenvalue weighted by Gasteiger charge is -2.27. The first kappa shape index (κ1) is 12.7. The van der Waals surface area contributed by atoms with Crippen molar-refractivity contribution in [3.8, 4) is 11.4 Å². The Morgan fingerprint density at radius 2 is 2.26 bits per heavy atom. The molecule has 0 amide bonds. The highest BCUT2D eigenvalue weighted by Gasteiger charge is 2.37. The Morgan fingerprint density at radius 1 is 1.42 bits per heavy atom. The van der Waals surface area contributed by atoms with Gasteiger partial charge in [0.1, 0.15) is 11.4 Å². The van der Waals surface area contributed by atoms with Crippen molar-refractivity contribution in [2.24, 2.45) is 7.05 Å². The van der Waals surface area contributed by atoms with E-state index in [1.54, 1.807) is 6.33 Å². The van der Waals surface area contributed by atoms with Crippen LogP contribution in [0.4, 0.5) is 8.78 Å². The first-order valence-electron chi connectivity index (χ1n) is 6.35. The first-order chi connectivity index (χ1) is 9.03. The van der Waals surface area contributed by atoms with E-state index >= 15 is 0 Å². The van der Waals surface area contributed by atoms with E-state index in [0.717, 1.165) is 22.8 Å². The summed E-state index contributed by atoms with van der Waals surface area (Å²) in [6, 6.07) is 0. The minimum Gasteiger partial charge on any atom is -0.340 e. The third-order valence-corrected chi connectivity index (χ3v) is 4.49. The Kier molecular flexibility index (Phi) is 3.12. The van der Waals surface area contributed by atoms with Crippen molar-refractivity contribution < 1.29 is 8.78 Å². The van der Waals surface area contributed by atoms with Crippen LogP contribution in [0.25, 0.3) is 11.4 Å². The molecule has 0 aromatic carbocycles. The minimum absolute atomic E-state index is 0.0158. The number of hydrogen-bond donors (Lipinski definition) is 0. The molecule has 0 saturated heterocycles. The summed E-state index contributed by atoms with van der Waals surface area (Å²) in [4.78, 5) is 8.72. The van der Waals surface area contributed by atoms with E-state index in [2.05, 4.69) is 9.97 Å². The Morgan fingerprint density at radius 3 is 2.95 bits per heavy atom. The van der Waals surface area contributed by atoms with Gasteiger partial charge in [0.2, 0.25) is 5.92 Å². The zero-order valence-electron chi connectivity index (χ0n) is 10.6. The van der Waals surface area contributed by atoms with E-state index in [9.17, 15) is 8.78 Å². The second-order valence-corrected chi connectivity index (χ2v) is 6.03. The van der Waals surface area contributed by atoms with Gasteiger partial charge in [0.25, 0.3) is 0 Å². The molecule has 0 spiro atoms. The molecule has 1 saturated carbocycles. The predicted molar refractivity (Wildman–Crippen MR) is 70.5 cm³/mol. The molecule has 2 aromatic rings. The first-order valence-corrected chi connectivity index (χ1v) is 7.23. The van der Waals surface area contributed by atoms with Crippen molar-refractivity contribution in [3.63, 3.8) is 0 Å². The van der Waals surface area contributed by atoms with Gasteiger partial charge >= 0.3 is 0 Å². The molecule has 0 N–H and O–H groups in total. The summed E-state index contributed by atoms with van der Waals surface area (Å²) in [5.41, 5.74) is 1.59. The molecule has 3 nitrogen and oxygen atoms in total. The molecule has 0 aliphatic heterocycles. The van der Waals surface area contributed by atoms with Crippen LogP contribution in [0.15, 0.2) is 17.9 Å². The van der Waals surface area contributed by atoms with Gasteiger partial charge in [-0.15, -0.1) is 11.3 Å². The van der Waals surface area contributed by atoms with Crippen molar-refractivity contribution in [1.29, 1.82) is 0 Å². The zero-order chi connectivity index (χ0) is 13.5. The Balaban J connectivity index is 1.81. The fourth-order valence-corrected chi connectivity index (χ4v) is 3.47. The van der Waals surface area contributed by atoms with Gasteiger partial charge in [-0.25, -0.2) is 18.7 Å². The molecule has 1 atom stereocenters. The maximum absolute atomic E-state index is 13.4. The maximum atomic E-state index is 13.4. The Labute approximate surface area is 114 Å². The van der Waals surface area contributed by atoms with Gasteiger partial charge in [-0.05, 0) is 12.8 Å². The highest BCUT2D eigenvalue weighted by Crippen LogP contribution is 2.42. The zero-order valence-corrected chi connectivity index (χ0v) is 11.5. The number of aryl methyl sites for hydroxylation is 1. The number of halogens is 2. The summed E-state index contributed by atoms with van der Waals surface area (Å²) < 4.78 is 28.7. The lowest BCUT2D eigenvalue weighted by atomic mass is 9.87. The largest absolute Gasteiger partial charge is 0.340 e. The molecule has 0 bridgehead atoms. The number of rotatable bonds is 2. The summed E-state index contributed by atoms with van der Waals surface area (Å²) >= 11 is 1.47. The van der Waals surface area contributed by atoms with E-state index in [1.807, 2.05) is 23.2 Å². The van der Waals surface area contributed by atoms with Gasteiger partial charge in [-0.1, -0.05) is 0 Å². The van der Waals surface area contributed by atoms with E-state index in [-0.39, 0.29) is 18.8 Å². The second kappa shape index (κ2) is 4.67. The summed E-state index contributed by atoms with van der Waals surface area (Å²) in [5.74, 6) is -2.63. The van der Waals surface area contributed by atoms with E-state index in [1.165, 1.54) is 11.3 Å². The normalized spacial score (nSPS) is 22.6. The fourth-order valence-electron chi connectivity index (χ4n) is 2.52. The van der Waals surface area contributed by atoms with Crippen LogP contribution in [-0.2, 0) is 7.05 Å². The van der Waals surface area contributed by atoms with Crippen molar-refractivity contribution in [3.05, 3.63) is 22.9 Å². The van der Waals surface area contributed by atoms with Gasteiger partial charge in [0.05, 0.1) is 11.3 Å². The number of hydrogen-bond acceptors (Lipinski definition) is 3. The molecule has 2 heterocycles. The topological polar surface area (TPSA) is 30.7 Å². The van der Waals surface area contributed by atoms with Crippen LogP contribution < -0.4 is 0 Å².